The van der Waals surface area contributed by atoms with Crippen LogP contribution in [0.5, 0.6) is 0 Å². The van der Waals surface area contributed by atoms with Crippen LogP contribution in [0.4, 0.5) is 10.2 Å². The van der Waals surface area contributed by atoms with Gasteiger partial charge in [0.2, 0.25) is 0 Å². The number of amides is 1. The van der Waals surface area contributed by atoms with Crippen LogP contribution in [-0.4, -0.2) is 53.9 Å². The van der Waals surface area contributed by atoms with E-state index in [0.29, 0.717) is 19.1 Å². The molecule has 2 N–H and O–H groups in total. The highest BCUT2D eigenvalue weighted by Crippen LogP contribution is 2.19. The molecular weight excluding hydrogens is 247 g/mol. The quantitative estimate of drug-likeness (QED) is 0.866. The molecule has 0 unspecified atom stereocenters. The van der Waals surface area contributed by atoms with E-state index in [1.165, 1.54) is 0 Å². The van der Waals surface area contributed by atoms with E-state index in [1.807, 2.05) is 14.1 Å². The van der Waals surface area contributed by atoms with Gasteiger partial charge in [-0.25, -0.2) is 9.37 Å². The van der Waals surface area contributed by atoms with Gasteiger partial charge in [-0.1, -0.05) is 0 Å². The second-order valence-corrected chi connectivity index (χ2v) is 5.07. The number of rotatable bonds is 2. The summed E-state index contributed by atoms with van der Waals surface area (Å²) < 4.78 is 13.1. The minimum absolute atomic E-state index is 0.0844. The maximum absolute atomic E-state index is 13.1. The molecule has 0 saturated carbocycles. The second kappa shape index (κ2) is 5.52. The number of nitrogens with two attached hydrogens (primary N) is 1. The predicted octanol–water partition coefficient (Wildman–Crippen LogP) is 0.969. The number of halogens is 1. The lowest BCUT2D eigenvalue weighted by Gasteiger charge is -2.35. The number of anilines is 1. The molecule has 1 saturated heterocycles. The van der Waals surface area contributed by atoms with E-state index < -0.39 is 5.82 Å². The molecule has 19 heavy (non-hydrogen) atoms. The van der Waals surface area contributed by atoms with Crippen LogP contribution in [0.25, 0.3) is 0 Å². The van der Waals surface area contributed by atoms with Crippen molar-refractivity contribution in [3.8, 4) is 0 Å². The molecule has 6 heteroatoms. The maximum atomic E-state index is 13.1. The van der Waals surface area contributed by atoms with Crippen LogP contribution < -0.4 is 5.73 Å². The molecule has 1 aliphatic rings. The molecule has 5 nitrogen and oxygen atoms in total. The summed E-state index contributed by atoms with van der Waals surface area (Å²) in [5.41, 5.74) is 5.79. The molecule has 1 amide bonds. The van der Waals surface area contributed by atoms with E-state index in [9.17, 15) is 9.18 Å². The van der Waals surface area contributed by atoms with Gasteiger partial charge in [0.05, 0.1) is 11.8 Å². The highest BCUT2D eigenvalue weighted by molar-refractivity contribution is 5.98. The van der Waals surface area contributed by atoms with Crippen molar-refractivity contribution in [1.29, 1.82) is 0 Å². The van der Waals surface area contributed by atoms with Gasteiger partial charge in [0.25, 0.3) is 5.91 Å². The highest BCUT2D eigenvalue weighted by Gasteiger charge is 2.26. The van der Waals surface area contributed by atoms with Crippen molar-refractivity contribution in [2.75, 3.05) is 32.9 Å². The van der Waals surface area contributed by atoms with Crippen molar-refractivity contribution in [1.82, 2.24) is 14.8 Å². The third kappa shape index (κ3) is 3.01. The van der Waals surface area contributed by atoms with Crippen LogP contribution >= 0.6 is 0 Å². The molecule has 1 aromatic rings. The van der Waals surface area contributed by atoms with E-state index in [1.54, 1.807) is 4.90 Å². The largest absolute Gasteiger partial charge is 0.383 e. The molecule has 1 aromatic heterocycles. The van der Waals surface area contributed by atoms with Gasteiger partial charge in [-0.3, -0.25) is 4.79 Å². The van der Waals surface area contributed by atoms with Gasteiger partial charge in [-0.15, -0.1) is 0 Å². The Labute approximate surface area is 112 Å². The third-order valence-electron chi connectivity index (χ3n) is 3.60. The minimum Gasteiger partial charge on any atom is -0.383 e. The molecule has 0 spiro atoms. The zero-order valence-electron chi connectivity index (χ0n) is 11.3. The summed E-state index contributed by atoms with van der Waals surface area (Å²) in [6, 6.07) is 1.65. The normalized spacial score (nSPS) is 16.9. The first-order chi connectivity index (χ1) is 8.99. The molecule has 0 aromatic carbocycles. The molecule has 2 heterocycles. The number of carbonyl (C=O) groups is 1. The Morgan fingerprint density at radius 1 is 1.47 bits per heavy atom. The molecule has 0 aliphatic carbocycles. The summed E-state index contributed by atoms with van der Waals surface area (Å²) in [5.74, 6) is -0.691. The molecular formula is C13H19FN4O. The monoisotopic (exact) mass is 266 g/mol. The predicted molar refractivity (Wildman–Crippen MR) is 71.2 cm³/mol. The Balaban J connectivity index is 2.07. The van der Waals surface area contributed by atoms with Crippen LogP contribution in [0.2, 0.25) is 0 Å². The van der Waals surface area contributed by atoms with Gasteiger partial charge in [-0.05, 0) is 33.0 Å². The van der Waals surface area contributed by atoms with E-state index in [2.05, 4.69) is 9.88 Å². The van der Waals surface area contributed by atoms with Crippen molar-refractivity contribution >= 4 is 11.7 Å². The van der Waals surface area contributed by atoms with Crippen LogP contribution in [0.1, 0.15) is 23.2 Å². The lowest BCUT2D eigenvalue weighted by atomic mass is 10.0. The van der Waals surface area contributed by atoms with Crippen LogP contribution in [-0.2, 0) is 0 Å². The summed E-state index contributed by atoms with van der Waals surface area (Å²) in [6.07, 6.45) is 2.85. The number of nitrogens with zero attached hydrogens (tertiary/aromatic N) is 3. The Hall–Kier alpha value is -1.69. The van der Waals surface area contributed by atoms with Crippen molar-refractivity contribution in [2.24, 2.45) is 0 Å². The first kappa shape index (κ1) is 13.7. The smallest absolute Gasteiger partial charge is 0.257 e. The number of aromatic nitrogens is 1. The Kier molecular flexibility index (Phi) is 3.99. The third-order valence-corrected chi connectivity index (χ3v) is 3.60. The highest BCUT2D eigenvalue weighted by atomic mass is 19.1. The van der Waals surface area contributed by atoms with Crippen molar-refractivity contribution < 1.29 is 9.18 Å². The van der Waals surface area contributed by atoms with Crippen molar-refractivity contribution in [3.63, 3.8) is 0 Å². The van der Waals surface area contributed by atoms with E-state index in [0.717, 1.165) is 25.1 Å². The van der Waals surface area contributed by atoms with Crippen LogP contribution in [0.15, 0.2) is 12.3 Å². The van der Waals surface area contributed by atoms with Crippen LogP contribution in [0.3, 0.4) is 0 Å². The zero-order chi connectivity index (χ0) is 14.0. The number of likely N-dealkylation sites (tertiary alicyclic amines) is 1. The van der Waals surface area contributed by atoms with E-state index >= 15 is 0 Å². The van der Waals surface area contributed by atoms with Crippen LogP contribution in [0, 0.1) is 5.82 Å². The average Bonchev–Trinajstić information content (AvgIpc) is 2.41. The number of carbonyl (C=O) groups excluding carboxylic acids is 1. The average molecular weight is 266 g/mol. The first-order valence-corrected chi connectivity index (χ1v) is 6.35. The first-order valence-electron chi connectivity index (χ1n) is 6.35. The zero-order valence-corrected chi connectivity index (χ0v) is 11.3. The number of hydrogen-bond acceptors (Lipinski definition) is 4. The molecule has 1 fully saturated rings. The lowest BCUT2D eigenvalue weighted by Crippen LogP contribution is -2.44. The molecule has 0 bridgehead atoms. The summed E-state index contributed by atoms with van der Waals surface area (Å²) in [6.45, 7) is 1.33. The standard InChI is InChI=1S/C13H19FN4O/c1-17(2)10-3-5-18(6-4-10)13(19)11-7-9(14)8-16-12(11)15/h7-8,10H,3-6H2,1-2H3,(H2,15,16). The fourth-order valence-electron chi connectivity index (χ4n) is 2.38. The second-order valence-electron chi connectivity index (χ2n) is 5.07. The van der Waals surface area contributed by atoms with Gasteiger partial charge in [0.1, 0.15) is 11.6 Å². The molecule has 0 radical (unpaired) electrons. The molecule has 2 rings (SSSR count). The van der Waals surface area contributed by atoms with E-state index in [-0.39, 0.29) is 17.3 Å². The summed E-state index contributed by atoms with van der Waals surface area (Å²) >= 11 is 0. The number of pyridine rings is 1. The maximum Gasteiger partial charge on any atom is 0.257 e. The van der Waals surface area contributed by atoms with Gasteiger partial charge >= 0.3 is 0 Å². The Morgan fingerprint density at radius 3 is 2.68 bits per heavy atom. The topological polar surface area (TPSA) is 62.5 Å². The minimum atomic E-state index is -0.541. The van der Waals surface area contributed by atoms with Crippen molar-refractivity contribution in [3.05, 3.63) is 23.6 Å². The molecule has 1 aliphatic heterocycles. The summed E-state index contributed by atoms with van der Waals surface area (Å²) in [4.78, 5) is 19.8. The number of hydrogen-bond donors (Lipinski definition) is 1. The molecule has 0 atom stereocenters. The van der Waals surface area contributed by atoms with Gasteiger partial charge in [0.15, 0.2) is 0 Å². The fourth-order valence-corrected chi connectivity index (χ4v) is 2.38. The lowest BCUT2D eigenvalue weighted by molar-refractivity contribution is 0.0663. The Morgan fingerprint density at radius 2 is 2.11 bits per heavy atom. The van der Waals surface area contributed by atoms with Crippen molar-refractivity contribution in [2.45, 2.75) is 18.9 Å². The number of nitrogen functional groups attached to an aromatic ring is 1. The molecule has 104 valence electrons. The van der Waals surface area contributed by atoms with Gasteiger partial charge in [-0.2, -0.15) is 0 Å². The summed E-state index contributed by atoms with van der Waals surface area (Å²) in [5, 5.41) is 0. The fraction of sp³-hybridized carbons (Fsp3) is 0.538. The van der Waals surface area contributed by atoms with E-state index in [4.69, 9.17) is 5.73 Å². The Bertz CT molecular complexity index is 470. The summed E-state index contributed by atoms with van der Waals surface area (Å²) in [7, 11) is 4.08. The number of piperidine rings is 1. The SMILES string of the molecule is CN(C)C1CCN(C(=O)c2cc(F)cnc2N)CC1. The van der Waals surface area contributed by atoms with Gasteiger partial charge < -0.3 is 15.5 Å². The van der Waals surface area contributed by atoms with Gasteiger partial charge in [0, 0.05) is 19.1 Å².